The molecule has 0 saturated heterocycles. The molecule has 88 valence electrons. The summed E-state index contributed by atoms with van der Waals surface area (Å²) in [5, 5.41) is 2.71. The standard InChI is InChI=1S/C11H15BrN2O2/c1-11(2,3)14-10(15)16-7-8-4-9(12)6-13-5-8/h4-6H,7H2,1-3H3,(H,14,15). The number of nitrogens with one attached hydrogen (secondary N) is 1. The number of alkyl carbamates (subject to hydrolysis) is 1. The Bertz CT molecular complexity index is 374. The molecule has 0 spiro atoms. The number of halogens is 1. The maximum absolute atomic E-state index is 11.4. The predicted molar refractivity (Wildman–Crippen MR) is 65.0 cm³/mol. The third-order valence-corrected chi connectivity index (χ3v) is 2.04. The molecule has 0 fully saturated rings. The van der Waals surface area contributed by atoms with E-state index in [1.165, 1.54) is 0 Å². The normalized spacial score (nSPS) is 11.0. The minimum Gasteiger partial charge on any atom is -0.445 e. The van der Waals surface area contributed by atoms with Gasteiger partial charge < -0.3 is 10.1 Å². The van der Waals surface area contributed by atoms with E-state index in [0.29, 0.717) is 0 Å². The van der Waals surface area contributed by atoms with Crippen LogP contribution in [0.1, 0.15) is 26.3 Å². The number of nitrogens with zero attached hydrogens (tertiary/aromatic N) is 1. The lowest BCUT2D eigenvalue weighted by Crippen LogP contribution is -2.40. The molecule has 0 atom stereocenters. The molecule has 0 aromatic carbocycles. The lowest BCUT2D eigenvalue weighted by atomic mass is 10.1. The van der Waals surface area contributed by atoms with Crippen LogP contribution in [-0.4, -0.2) is 16.6 Å². The monoisotopic (exact) mass is 286 g/mol. The number of pyridine rings is 1. The SMILES string of the molecule is CC(C)(C)NC(=O)OCc1cncc(Br)c1. The topological polar surface area (TPSA) is 51.2 Å². The minimum atomic E-state index is -0.424. The van der Waals surface area contributed by atoms with Crippen LogP contribution in [0.4, 0.5) is 4.79 Å². The molecular formula is C11H15BrN2O2. The Kier molecular flexibility index (Phi) is 4.29. The summed E-state index contributed by atoms with van der Waals surface area (Å²) in [4.78, 5) is 15.3. The van der Waals surface area contributed by atoms with Gasteiger partial charge in [0.15, 0.2) is 0 Å². The first-order valence-corrected chi connectivity index (χ1v) is 5.70. The van der Waals surface area contributed by atoms with Crippen molar-refractivity contribution in [1.29, 1.82) is 0 Å². The van der Waals surface area contributed by atoms with Crippen LogP contribution in [0.2, 0.25) is 0 Å². The second-order valence-electron chi connectivity index (χ2n) is 4.46. The number of carbonyl (C=O) groups excluding carboxylic acids is 1. The number of amides is 1. The number of hydrogen-bond donors (Lipinski definition) is 1. The van der Waals surface area contributed by atoms with Gasteiger partial charge in [-0.15, -0.1) is 0 Å². The maximum Gasteiger partial charge on any atom is 0.407 e. The van der Waals surface area contributed by atoms with Gasteiger partial charge >= 0.3 is 6.09 Å². The van der Waals surface area contributed by atoms with Gasteiger partial charge in [0, 0.05) is 28.0 Å². The number of ether oxygens (including phenoxy) is 1. The molecule has 5 heteroatoms. The summed E-state index contributed by atoms with van der Waals surface area (Å²) in [7, 11) is 0. The van der Waals surface area contributed by atoms with Crippen molar-refractivity contribution in [1.82, 2.24) is 10.3 Å². The van der Waals surface area contributed by atoms with Crippen LogP contribution in [-0.2, 0) is 11.3 Å². The van der Waals surface area contributed by atoms with Crippen molar-refractivity contribution in [2.75, 3.05) is 0 Å². The Hall–Kier alpha value is -1.10. The molecule has 0 aliphatic carbocycles. The number of rotatable bonds is 2. The summed E-state index contributed by atoms with van der Waals surface area (Å²) in [5.74, 6) is 0. The molecule has 0 aliphatic rings. The molecule has 1 aromatic heterocycles. The van der Waals surface area contributed by atoms with Crippen molar-refractivity contribution in [3.63, 3.8) is 0 Å². The third-order valence-electron chi connectivity index (χ3n) is 1.61. The summed E-state index contributed by atoms with van der Waals surface area (Å²) in [6.45, 7) is 5.91. The smallest absolute Gasteiger partial charge is 0.407 e. The first kappa shape index (κ1) is 13.0. The average Bonchev–Trinajstić information content (AvgIpc) is 2.12. The van der Waals surface area contributed by atoms with Crippen LogP contribution in [0.3, 0.4) is 0 Å². The third kappa shape index (κ3) is 5.11. The van der Waals surface area contributed by atoms with E-state index in [1.54, 1.807) is 12.4 Å². The molecule has 16 heavy (non-hydrogen) atoms. The van der Waals surface area contributed by atoms with Crippen molar-refractivity contribution in [2.45, 2.75) is 32.9 Å². The first-order valence-electron chi connectivity index (χ1n) is 4.91. The molecular weight excluding hydrogens is 272 g/mol. The van der Waals surface area contributed by atoms with Gasteiger partial charge in [0.2, 0.25) is 0 Å². The van der Waals surface area contributed by atoms with Crippen LogP contribution in [0, 0.1) is 0 Å². The Morgan fingerprint density at radius 2 is 2.19 bits per heavy atom. The van der Waals surface area contributed by atoms with Crippen LogP contribution in [0.25, 0.3) is 0 Å². The Labute approximate surface area is 104 Å². The van der Waals surface area contributed by atoms with Crippen LogP contribution in [0.5, 0.6) is 0 Å². The highest BCUT2D eigenvalue weighted by Crippen LogP contribution is 2.10. The van der Waals surface area contributed by atoms with E-state index in [2.05, 4.69) is 26.2 Å². The fourth-order valence-corrected chi connectivity index (χ4v) is 1.44. The Balaban J connectivity index is 2.43. The zero-order chi connectivity index (χ0) is 12.2. The van der Waals surface area contributed by atoms with E-state index in [4.69, 9.17) is 4.74 Å². The largest absolute Gasteiger partial charge is 0.445 e. The molecule has 4 nitrogen and oxygen atoms in total. The van der Waals surface area contributed by atoms with Gasteiger partial charge in [-0.1, -0.05) is 0 Å². The zero-order valence-corrected chi connectivity index (χ0v) is 11.2. The van der Waals surface area contributed by atoms with Gasteiger partial charge in [0.1, 0.15) is 6.61 Å². The van der Waals surface area contributed by atoms with Gasteiger partial charge in [-0.2, -0.15) is 0 Å². The van der Waals surface area contributed by atoms with Crippen molar-refractivity contribution in [3.05, 3.63) is 28.5 Å². The number of aromatic nitrogens is 1. The van der Waals surface area contributed by atoms with Crippen LogP contribution < -0.4 is 5.32 Å². The van der Waals surface area contributed by atoms with E-state index in [1.807, 2.05) is 26.8 Å². The van der Waals surface area contributed by atoms with Crippen LogP contribution in [0.15, 0.2) is 22.9 Å². The molecule has 0 saturated carbocycles. The molecule has 0 unspecified atom stereocenters. The van der Waals surface area contributed by atoms with E-state index in [-0.39, 0.29) is 12.1 Å². The summed E-state index contributed by atoms with van der Waals surface area (Å²) in [6, 6.07) is 1.86. The van der Waals surface area contributed by atoms with E-state index in [0.717, 1.165) is 10.0 Å². The lowest BCUT2D eigenvalue weighted by molar-refractivity contribution is 0.131. The van der Waals surface area contributed by atoms with Gasteiger partial charge in [0.05, 0.1) is 0 Å². The molecule has 1 heterocycles. The summed E-state index contributed by atoms with van der Waals surface area (Å²) >= 11 is 3.30. The van der Waals surface area contributed by atoms with Gasteiger partial charge in [-0.25, -0.2) is 4.79 Å². The highest BCUT2D eigenvalue weighted by Gasteiger charge is 2.14. The van der Waals surface area contributed by atoms with Crippen molar-refractivity contribution in [3.8, 4) is 0 Å². The maximum atomic E-state index is 11.4. The second kappa shape index (κ2) is 5.30. The van der Waals surface area contributed by atoms with Crippen molar-refractivity contribution >= 4 is 22.0 Å². The van der Waals surface area contributed by atoms with E-state index < -0.39 is 6.09 Å². The van der Waals surface area contributed by atoms with E-state index >= 15 is 0 Å². The molecule has 0 bridgehead atoms. The zero-order valence-electron chi connectivity index (χ0n) is 9.58. The van der Waals surface area contributed by atoms with Gasteiger partial charge in [-0.3, -0.25) is 4.98 Å². The van der Waals surface area contributed by atoms with E-state index in [9.17, 15) is 4.79 Å². The average molecular weight is 287 g/mol. The van der Waals surface area contributed by atoms with Crippen LogP contribution >= 0.6 is 15.9 Å². The first-order chi connectivity index (χ1) is 7.37. The lowest BCUT2D eigenvalue weighted by Gasteiger charge is -2.19. The molecule has 1 N–H and O–H groups in total. The van der Waals surface area contributed by atoms with Gasteiger partial charge in [0.25, 0.3) is 0 Å². The Morgan fingerprint density at radius 3 is 2.75 bits per heavy atom. The highest BCUT2D eigenvalue weighted by atomic mass is 79.9. The summed E-state index contributed by atoms with van der Waals surface area (Å²) in [6.07, 6.45) is 2.92. The fraction of sp³-hybridized carbons (Fsp3) is 0.455. The number of hydrogen-bond acceptors (Lipinski definition) is 3. The summed E-state index contributed by atoms with van der Waals surface area (Å²) < 4.78 is 5.91. The molecule has 1 amide bonds. The molecule has 1 aromatic rings. The van der Waals surface area contributed by atoms with Gasteiger partial charge in [-0.05, 0) is 42.8 Å². The second-order valence-corrected chi connectivity index (χ2v) is 5.38. The molecule has 1 rings (SSSR count). The quantitative estimate of drug-likeness (QED) is 0.910. The van der Waals surface area contributed by atoms with Crippen molar-refractivity contribution < 1.29 is 9.53 Å². The Morgan fingerprint density at radius 1 is 1.50 bits per heavy atom. The number of carbonyl (C=O) groups is 1. The fourth-order valence-electron chi connectivity index (χ4n) is 1.03. The summed E-state index contributed by atoms with van der Waals surface area (Å²) in [5.41, 5.74) is 0.561. The predicted octanol–water partition coefficient (Wildman–Crippen LogP) is 2.87. The van der Waals surface area contributed by atoms with Crippen molar-refractivity contribution in [2.24, 2.45) is 0 Å². The minimum absolute atomic E-state index is 0.217. The molecule has 0 aliphatic heterocycles. The molecule has 0 radical (unpaired) electrons. The highest BCUT2D eigenvalue weighted by molar-refractivity contribution is 9.10.